The summed E-state index contributed by atoms with van der Waals surface area (Å²) in [5.74, 6) is 0.0875. The summed E-state index contributed by atoms with van der Waals surface area (Å²) in [5, 5.41) is 23.2. The minimum Gasteiger partial charge on any atom is -0.507 e. The molecule has 1 aliphatic rings. The van der Waals surface area contributed by atoms with Crippen molar-refractivity contribution in [2.24, 2.45) is 0 Å². The molecule has 1 N–H and O–H groups in total. The van der Waals surface area contributed by atoms with Crippen LogP contribution in [0.2, 0.25) is 0 Å². The van der Waals surface area contributed by atoms with Gasteiger partial charge in [-0.15, -0.1) is 10.2 Å². The number of aliphatic hydroxyl groups excluding tert-OH is 1. The summed E-state index contributed by atoms with van der Waals surface area (Å²) < 4.78 is 18.5. The molecule has 1 aromatic heterocycles. The van der Waals surface area contributed by atoms with Gasteiger partial charge in [0.1, 0.15) is 24.7 Å². The van der Waals surface area contributed by atoms with E-state index in [4.69, 9.17) is 14.2 Å². The SMILES string of the molecule is COc1cc(C2/C(=C(\O)c3ccc(OCc4ccccc4C)cc3)C(=O)C(=O)N2c2nnc(SCc3cccc4ccccc34)s2)ccc1OCc1ccccc1. The summed E-state index contributed by atoms with van der Waals surface area (Å²) in [6.07, 6.45) is 0. The van der Waals surface area contributed by atoms with Gasteiger partial charge in [0.25, 0.3) is 5.78 Å². The lowest BCUT2D eigenvalue weighted by atomic mass is 9.95. The summed E-state index contributed by atoms with van der Waals surface area (Å²) in [5.41, 5.74) is 5.07. The number of rotatable bonds is 13. The number of Topliss-reactive ketones (excluding diaryl/α,β-unsaturated/α-hetero) is 1. The molecule has 0 saturated carbocycles. The lowest BCUT2D eigenvalue weighted by Gasteiger charge is -2.23. The van der Waals surface area contributed by atoms with Gasteiger partial charge in [-0.2, -0.15) is 0 Å². The molecule has 1 atom stereocenters. The molecule has 9 nitrogen and oxygen atoms in total. The van der Waals surface area contributed by atoms with E-state index in [1.165, 1.54) is 35.1 Å². The Morgan fingerprint density at radius 1 is 0.772 bits per heavy atom. The van der Waals surface area contributed by atoms with Crippen LogP contribution in [0.25, 0.3) is 16.5 Å². The molecule has 57 heavy (non-hydrogen) atoms. The first-order chi connectivity index (χ1) is 27.9. The first-order valence-electron chi connectivity index (χ1n) is 18.2. The van der Waals surface area contributed by atoms with Gasteiger partial charge in [-0.3, -0.25) is 14.5 Å². The standard InChI is InChI=1S/C46H37N3O6S2/c1-29-11-6-7-15-34(29)27-54-36-22-19-32(20-23-36)42(50)40-41(33-21-24-38(39(25-33)53-2)55-26-30-12-4-3-5-13-30)49(44(52)43(40)51)45-47-48-46(57-45)56-28-35-17-10-16-31-14-8-9-18-37(31)35/h3-25,41,50H,26-28H2,1-2H3/b42-40+. The van der Waals surface area contributed by atoms with Crippen molar-refractivity contribution < 1.29 is 28.9 Å². The van der Waals surface area contributed by atoms with Crippen LogP contribution in [0, 0.1) is 6.92 Å². The zero-order valence-electron chi connectivity index (χ0n) is 31.1. The first kappa shape index (κ1) is 37.5. The second-order valence-electron chi connectivity index (χ2n) is 13.4. The zero-order valence-corrected chi connectivity index (χ0v) is 32.8. The van der Waals surface area contributed by atoms with Crippen molar-refractivity contribution in [2.45, 2.75) is 36.3 Å². The van der Waals surface area contributed by atoms with E-state index < -0.39 is 17.7 Å². The smallest absolute Gasteiger partial charge is 0.301 e. The minimum atomic E-state index is -1.05. The van der Waals surface area contributed by atoms with Crippen molar-refractivity contribution >= 4 is 56.5 Å². The Kier molecular flexibility index (Phi) is 11.0. The fourth-order valence-corrected chi connectivity index (χ4v) is 8.64. The van der Waals surface area contributed by atoms with Gasteiger partial charge >= 0.3 is 5.91 Å². The lowest BCUT2D eigenvalue weighted by Crippen LogP contribution is -2.29. The van der Waals surface area contributed by atoms with E-state index in [-0.39, 0.29) is 16.5 Å². The molecular weight excluding hydrogens is 755 g/mol. The van der Waals surface area contributed by atoms with E-state index >= 15 is 0 Å². The highest BCUT2D eigenvalue weighted by atomic mass is 32.2. The van der Waals surface area contributed by atoms with Crippen molar-refractivity contribution in [3.8, 4) is 17.2 Å². The molecule has 0 aliphatic carbocycles. The number of hydrogen-bond acceptors (Lipinski definition) is 10. The van der Waals surface area contributed by atoms with Crippen LogP contribution < -0.4 is 19.1 Å². The van der Waals surface area contributed by atoms with Crippen LogP contribution >= 0.6 is 23.1 Å². The Morgan fingerprint density at radius 3 is 2.32 bits per heavy atom. The number of aliphatic hydroxyl groups is 1. The number of aromatic nitrogens is 2. The Hall–Kier alpha value is -6.43. The minimum absolute atomic E-state index is 0.0891. The van der Waals surface area contributed by atoms with Crippen LogP contribution in [0.15, 0.2) is 149 Å². The molecule has 2 heterocycles. The number of anilines is 1. The van der Waals surface area contributed by atoms with Gasteiger partial charge in [0.2, 0.25) is 5.13 Å². The number of methoxy groups -OCH3 is 1. The van der Waals surface area contributed by atoms with Crippen LogP contribution in [0.3, 0.4) is 0 Å². The number of carbonyl (C=O) groups excluding carboxylic acids is 2. The summed E-state index contributed by atoms with van der Waals surface area (Å²) >= 11 is 2.71. The molecule has 1 amide bonds. The van der Waals surface area contributed by atoms with E-state index in [1.54, 1.807) is 42.5 Å². The third-order valence-corrected chi connectivity index (χ3v) is 11.9. The summed E-state index contributed by atoms with van der Waals surface area (Å²) in [4.78, 5) is 29.4. The van der Waals surface area contributed by atoms with Crippen LogP contribution in [-0.4, -0.2) is 34.1 Å². The average Bonchev–Trinajstić information content (AvgIpc) is 3.83. The number of ether oxygens (including phenoxy) is 3. The van der Waals surface area contributed by atoms with Crippen LogP contribution in [0.1, 0.15) is 39.4 Å². The van der Waals surface area contributed by atoms with E-state index in [2.05, 4.69) is 34.5 Å². The summed E-state index contributed by atoms with van der Waals surface area (Å²) in [7, 11) is 1.53. The van der Waals surface area contributed by atoms with Crippen LogP contribution in [0.5, 0.6) is 17.2 Å². The van der Waals surface area contributed by atoms with E-state index in [0.29, 0.717) is 51.7 Å². The quantitative estimate of drug-likeness (QED) is 0.0401. The van der Waals surface area contributed by atoms with Gasteiger partial charge in [0, 0.05) is 11.3 Å². The fourth-order valence-electron chi connectivity index (χ4n) is 6.77. The molecule has 8 rings (SSSR count). The van der Waals surface area contributed by atoms with E-state index in [0.717, 1.165) is 33.0 Å². The molecule has 1 saturated heterocycles. The number of benzene rings is 6. The maximum absolute atomic E-state index is 14.0. The predicted octanol–water partition coefficient (Wildman–Crippen LogP) is 10.1. The third-order valence-electron chi connectivity index (χ3n) is 9.80. The van der Waals surface area contributed by atoms with Gasteiger partial charge in [-0.25, -0.2) is 0 Å². The molecule has 0 spiro atoms. The van der Waals surface area contributed by atoms with Crippen molar-refractivity contribution in [1.82, 2.24) is 10.2 Å². The number of amides is 1. The van der Waals surface area contributed by atoms with Crippen molar-refractivity contribution in [3.63, 3.8) is 0 Å². The Morgan fingerprint density at radius 2 is 1.51 bits per heavy atom. The van der Waals surface area contributed by atoms with Gasteiger partial charge in [-0.05, 0) is 81.9 Å². The molecule has 6 aromatic carbocycles. The van der Waals surface area contributed by atoms with Gasteiger partial charge in [0.15, 0.2) is 15.8 Å². The molecule has 0 bridgehead atoms. The third kappa shape index (κ3) is 7.98. The normalized spacial score (nSPS) is 14.9. The molecule has 7 aromatic rings. The zero-order chi connectivity index (χ0) is 39.3. The van der Waals surface area contributed by atoms with Gasteiger partial charge in [-0.1, -0.05) is 126 Å². The number of nitrogens with zero attached hydrogens (tertiary/aromatic N) is 3. The maximum atomic E-state index is 14.0. The summed E-state index contributed by atoms with van der Waals surface area (Å²) in [6.45, 7) is 2.71. The van der Waals surface area contributed by atoms with Crippen molar-refractivity contribution in [1.29, 1.82) is 0 Å². The maximum Gasteiger partial charge on any atom is 0.301 e. The highest BCUT2D eigenvalue weighted by molar-refractivity contribution is 8.00. The highest BCUT2D eigenvalue weighted by Crippen LogP contribution is 2.46. The topological polar surface area (TPSA) is 111 Å². The van der Waals surface area contributed by atoms with Crippen molar-refractivity contribution in [2.75, 3.05) is 12.0 Å². The summed E-state index contributed by atoms with van der Waals surface area (Å²) in [6, 6.07) is 43.1. The molecule has 0 radical (unpaired) electrons. The van der Waals surface area contributed by atoms with Gasteiger partial charge < -0.3 is 19.3 Å². The monoisotopic (exact) mass is 791 g/mol. The molecular formula is C46H37N3O6S2. The Labute approximate surface area is 338 Å². The molecule has 1 unspecified atom stereocenters. The average molecular weight is 792 g/mol. The molecule has 11 heteroatoms. The molecule has 1 aliphatic heterocycles. The Balaban J connectivity index is 1.12. The van der Waals surface area contributed by atoms with E-state index in [9.17, 15) is 14.7 Å². The molecule has 1 fully saturated rings. The number of hydrogen-bond donors (Lipinski definition) is 1. The molecule has 284 valence electrons. The number of carbonyl (C=O) groups is 2. The van der Waals surface area contributed by atoms with Gasteiger partial charge in [0.05, 0.1) is 18.7 Å². The van der Waals surface area contributed by atoms with E-state index in [1.807, 2.05) is 79.7 Å². The van der Waals surface area contributed by atoms with Crippen LogP contribution in [-0.2, 0) is 28.6 Å². The largest absolute Gasteiger partial charge is 0.507 e. The lowest BCUT2D eigenvalue weighted by molar-refractivity contribution is -0.132. The Bertz CT molecular complexity index is 2600. The van der Waals surface area contributed by atoms with Crippen LogP contribution in [0.4, 0.5) is 5.13 Å². The highest BCUT2D eigenvalue weighted by Gasteiger charge is 2.48. The number of aryl methyl sites for hydroxylation is 1. The second-order valence-corrected chi connectivity index (χ2v) is 15.5. The number of ketones is 1. The fraction of sp³-hybridized carbons (Fsp3) is 0.130. The number of thioether (sulfide) groups is 1. The predicted molar refractivity (Wildman–Crippen MR) is 224 cm³/mol. The first-order valence-corrected chi connectivity index (χ1v) is 20.0. The van der Waals surface area contributed by atoms with Crippen molar-refractivity contribution in [3.05, 3.63) is 178 Å². The number of fused-ring (bicyclic) bond motifs is 1. The second kappa shape index (κ2) is 16.7.